The van der Waals surface area contributed by atoms with Crippen LogP contribution in [0.3, 0.4) is 0 Å². The minimum atomic E-state index is -0.201. The van der Waals surface area contributed by atoms with E-state index >= 15 is 0 Å². The number of thioether (sulfide) groups is 2. The van der Waals surface area contributed by atoms with Gasteiger partial charge >= 0.3 is 0 Å². The van der Waals surface area contributed by atoms with E-state index in [0.717, 1.165) is 17.1 Å². The highest BCUT2D eigenvalue weighted by molar-refractivity contribution is 8.19. The van der Waals surface area contributed by atoms with E-state index in [1.54, 1.807) is 14.2 Å². The SMILES string of the molecule is COc1ccc(OC)c([C@@H](C)NC(=O)c2ccc(C3SCCS3)cc2)c1. The second-order valence-corrected chi connectivity index (χ2v) is 8.72. The number of ether oxygens (including phenoxy) is 2. The molecule has 1 saturated heterocycles. The highest BCUT2D eigenvalue weighted by Gasteiger charge is 2.19. The smallest absolute Gasteiger partial charge is 0.251 e. The van der Waals surface area contributed by atoms with Crippen molar-refractivity contribution in [2.24, 2.45) is 0 Å². The van der Waals surface area contributed by atoms with E-state index in [1.165, 1.54) is 17.1 Å². The van der Waals surface area contributed by atoms with Gasteiger partial charge in [0.05, 0.1) is 24.8 Å². The predicted octanol–water partition coefficient (Wildman–Crippen LogP) is 4.67. The number of rotatable bonds is 6. The topological polar surface area (TPSA) is 47.6 Å². The van der Waals surface area contributed by atoms with Crippen LogP contribution in [0.15, 0.2) is 42.5 Å². The van der Waals surface area contributed by atoms with Gasteiger partial charge in [-0.3, -0.25) is 4.79 Å². The molecule has 0 spiro atoms. The van der Waals surface area contributed by atoms with Crippen molar-refractivity contribution >= 4 is 29.4 Å². The summed E-state index contributed by atoms with van der Waals surface area (Å²) in [6.45, 7) is 1.94. The Morgan fingerprint density at radius 1 is 1.08 bits per heavy atom. The minimum absolute atomic E-state index is 0.0966. The van der Waals surface area contributed by atoms with Crippen molar-refractivity contribution in [2.75, 3.05) is 25.7 Å². The van der Waals surface area contributed by atoms with Crippen molar-refractivity contribution in [3.05, 3.63) is 59.2 Å². The maximum atomic E-state index is 12.6. The van der Waals surface area contributed by atoms with Gasteiger partial charge in [-0.25, -0.2) is 0 Å². The van der Waals surface area contributed by atoms with Crippen molar-refractivity contribution in [2.45, 2.75) is 17.5 Å². The first-order valence-corrected chi connectivity index (χ1v) is 10.6. The lowest BCUT2D eigenvalue weighted by molar-refractivity contribution is 0.0939. The molecule has 0 unspecified atom stereocenters. The molecule has 1 aliphatic rings. The van der Waals surface area contributed by atoms with E-state index in [1.807, 2.05) is 60.8 Å². The molecule has 6 heteroatoms. The molecule has 0 bridgehead atoms. The Morgan fingerprint density at radius 3 is 2.38 bits per heavy atom. The van der Waals surface area contributed by atoms with Gasteiger partial charge in [-0.05, 0) is 42.8 Å². The molecule has 0 saturated carbocycles. The Balaban J connectivity index is 1.71. The summed E-state index contributed by atoms with van der Waals surface area (Å²) in [6.07, 6.45) is 0. The van der Waals surface area contributed by atoms with E-state index < -0.39 is 0 Å². The van der Waals surface area contributed by atoms with E-state index in [4.69, 9.17) is 9.47 Å². The largest absolute Gasteiger partial charge is 0.497 e. The summed E-state index contributed by atoms with van der Waals surface area (Å²) < 4.78 is 11.2. The van der Waals surface area contributed by atoms with Crippen molar-refractivity contribution in [3.8, 4) is 11.5 Å². The summed E-state index contributed by atoms with van der Waals surface area (Å²) in [6, 6.07) is 13.3. The molecule has 0 aliphatic carbocycles. The lowest BCUT2D eigenvalue weighted by atomic mass is 10.1. The van der Waals surface area contributed by atoms with Crippen molar-refractivity contribution in [3.63, 3.8) is 0 Å². The van der Waals surface area contributed by atoms with Crippen LogP contribution in [-0.4, -0.2) is 31.6 Å². The van der Waals surface area contributed by atoms with Crippen LogP contribution in [0.4, 0.5) is 0 Å². The molecule has 2 aromatic carbocycles. The maximum absolute atomic E-state index is 12.6. The Hall–Kier alpha value is -1.79. The molecule has 4 nitrogen and oxygen atoms in total. The number of nitrogens with one attached hydrogen (secondary N) is 1. The molecule has 1 heterocycles. The van der Waals surface area contributed by atoms with Crippen LogP contribution in [0, 0.1) is 0 Å². The molecule has 138 valence electrons. The first-order valence-electron chi connectivity index (χ1n) is 8.48. The van der Waals surface area contributed by atoms with Gasteiger partial charge in [0.25, 0.3) is 5.91 Å². The number of amides is 1. The number of carbonyl (C=O) groups is 1. The fourth-order valence-electron chi connectivity index (χ4n) is 2.88. The average Bonchev–Trinajstić information content (AvgIpc) is 3.22. The molecule has 1 amide bonds. The van der Waals surface area contributed by atoms with E-state index in [2.05, 4.69) is 17.4 Å². The van der Waals surface area contributed by atoms with Crippen LogP contribution >= 0.6 is 23.5 Å². The van der Waals surface area contributed by atoms with Crippen molar-refractivity contribution in [1.29, 1.82) is 0 Å². The zero-order valence-corrected chi connectivity index (χ0v) is 16.8. The molecule has 2 aromatic rings. The number of benzene rings is 2. The lowest BCUT2D eigenvalue weighted by Gasteiger charge is -2.18. The fraction of sp³-hybridized carbons (Fsp3) is 0.350. The van der Waals surface area contributed by atoms with Gasteiger partial charge in [-0.2, -0.15) is 0 Å². The van der Waals surface area contributed by atoms with Crippen LogP contribution in [0.1, 0.15) is 39.0 Å². The molecule has 1 atom stereocenters. The second kappa shape index (κ2) is 8.73. The normalized spacial score (nSPS) is 15.5. The monoisotopic (exact) mass is 389 g/mol. The zero-order valence-electron chi connectivity index (χ0n) is 15.2. The molecule has 26 heavy (non-hydrogen) atoms. The lowest BCUT2D eigenvalue weighted by Crippen LogP contribution is -2.27. The molecule has 1 fully saturated rings. The van der Waals surface area contributed by atoms with Crippen LogP contribution in [0.5, 0.6) is 11.5 Å². The average molecular weight is 390 g/mol. The van der Waals surface area contributed by atoms with E-state index in [-0.39, 0.29) is 11.9 Å². The van der Waals surface area contributed by atoms with Crippen LogP contribution < -0.4 is 14.8 Å². The van der Waals surface area contributed by atoms with Crippen LogP contribution in [-0.2, 0) is 0 Å². The minimum Gasteiger partial charge on any atom is -0.497 e. The van der Waals surface area contributed by atoms with Crippen LogP contribution in [0.2, 0.25) is 0 Å². The number of methoxy groups -OCH3 is 2. The zero-order chi connectivity index (χ0) is 18.5. The van der Waals surface area contributed by atoms with Crippen LogP contribution in [0.25, 0.3) is 0 Å². The third-order valence-electron chi connectivity index (χ3n) is 4.32. The maximum Gasteiger partial charge on any atom is 0.251 e. The predicted molar refractivity (Wildman–Crippen MR) is 110 cm³/mol. The summed E-state index contributed by atoms with van der Waals surface area (Å²) in [5, 5.41) is 3.04. The van der Waals surface area contributed by atoms with Crippen molar-refractivity contribution < 1.29 is 14.3 Å². The summed E-state index contributed by atoms with van der Waals surface area (Å²) >= 11 is 3.92. The molecular weight excluding hydrogens is 366 g/mol. The van der Waals surface area contributed by atoms with Gasteiger partial charge in [0, 0.05) is 22.6 Å². The Morgan fingerprint density at radius 2 is 1.77 bits per heavy atom. The summed E-state index contributed by atoms with van der Waals surface area (Å²) in [5.41, 5.74) is 2.82. The second-order valence-electron chi connectivity index (χ2n) is 6.00. The standard InChI is InChI=1S/C20H23NO3S2/c1-13(17-12-16(23-2)8-9-18(17)24-3)21-19(22)14-4-6-15(7-5-14)20-25-10-11-26-20/h4-9,12-13,20H,10-11H2,1-3H3,(H,21,22)/t13-/m1/s1. The van der Waals surface area contributed by atoms with Gasteiger partial charge in [-0.15, -0.1) is 23.5 Å². The molecule has 0 radical (unpaired) electrons. The quantitative estimate of drug-likeness (QED) is 0.778. The third kappa shape index (κ3) is 4.30. The highest BCUT2D eigenvalue weighted by atomic mass is 32.2. The Labute approximate surface area is 163 Å². The van der Waals surface area contributed by atoms with Gasteiger partial charge in [0.2, 0.25) is 0 Å². The number of hydrogen-bond donors (Lipinski definition) is 1. The molecule has 1 N–H and O–H groups in total. The molecule has 1 aliphatic heterocycles. The van der Waals surface area contributed by atoms with Crippen molar-refractivity contribution in [1.82, 2.24) is 5.32 Å². The third-order valence-corrected chi connectivity index (χ3v) is 7.42. The first-order chi connectivity index (χ1) is 12.6. The summed E-state index contributed by atoms with van der Waals surface area (Å²) in [7, 11) is 3.24. The fourth-order valence-corrected chi connectivity index (χ4v) is 5.74. The van der Waals surface area contributed by atoms with E-state index in [9.17, 15) is 4.79 Å². The number of carbonyl (C=O) groups excluding carboxylic acids is 1. The highest BCUT2D eigenvalue weighted by Crippen LogP contribution is 2.45. The first kappa shape index (κ1) is 19.0. The number of hydrogen-bond acceptors (Lipinski definition) is 5. The summed E-state index contributed by atoms with van der Waals surface area (Å²) in [4.78, 5) is 12.6. The van der Waals surface area contributed by atoms with Gasteiger partial charge in [0.15, 0.2) is 0 Å². The summed E-state index contributed by atoms with van der Waals surface area (Å²) in [5.74, 6) is 3.75. The van der Waals surface area contributed by atoms with Gasteiger partial charge in [-0.1, -0.05) is 12.1 Å². The van der Waals surface area contributed by atoms with Gasteiger partial charge < -0.3 is 14.8 Å². The van der Waals surface area contributed by atoms with E-state index in [0.29, 0.717) is 10.1 Å². The molecule has 0 aromatic heterocycles. The Kier molecular flexibility index (Phi) is 6.38. The molecular formula is C20H23NO3S2. The molecule has 3 rings (SSSR count). The van der Waals surface area contributed by atoms with Gasteiger partial charge in [0.1, 0.15) is 11.5 Å². The Bertz CT molecular complexity index is 758.